The molecule has 24 heavy (non-hydrogen) atoms. The average Bonchev–Trinajstić information content (AvgIpc) is 2.55. The maximum Gasteiger partial charge on any atom is 0.265 e. The van der Waals surface area contributed by atoms with Crippen LogP contribution in [0.3, 0.4) is 0 Å². The highest BCUT2D eigenvalue weighted by Crippen LogP contribution is 2.24. The molecule has 1 unspecified atom stereocenters. The second kappa shape index (κ2) is 8.00. The molecule has 1 amide bonds. The minimum atomic E-state index is -0.560. The van der Waals surface area contributed by atoms with E-state index in [2.05, 4.69) is 33.0 Å². The molecule has 0 radical (unpaired) electrons. The Morgan fingerprint density at radius 1 is 0.875 bits per heavy atom. The number of benzene rings is 2. The number of carbonyl (C=O) groups excluding carboxylic acids is 1. The SMILES string of the molecule is CC(Oc1ccc(C(C)C)cc1)C(=O)Nc1ccccc1C(C)C. The second-order valence-corrected chi connectivity index (χ2v) is 6.72. The fourth-order valence-electron chi connectivity index (χ4n) is 2.54. The van der Waals surface area contributed by atoms with E-state index in [4.69, 9.17) is 4.74 Å². The minimum absolute atomic E-state index is 0.143. The Bertz CT molecular complexity index is 674. The normalized spacial score (nSPS) is 12.3. The van der Waals surface area contributed by atoms with E-state index in [1.54, 1.807) is 6.92 Å². The van der Waals surface area contributed by atoms with Gasteiger partial charge in [0.15, 0.2) is 6.10 Å². The van der Waals surface area contributed by atoms with Crippen molar-refractivity contribution >= 4 is 11.6 Å². The van der Waals surface area contributed by atoms with Crippen LogP contribution in [0, 0.1) is 0 Å². The molecule has 2 aromatic rings. The maximum atomic E-state index is 12.4. The van der Waals surface area contributed by atoms with Crippen LogP contribution in [0.5, 0.6) is 5.75 Å². The summed E-state index contributed by atoms with van der Waals surface area (Å²) in [5.74, 6) is 1.39. The summed E-state index contributed by atoms with van der Waals surface area (Å²) in [5, 5.41) is 2.98. The topological polar surface area (TPSA) is 38.3 Å². The molecule has 128 valence electrons. The lowest BCUT2D eigenvalue weighted by Crippen LogP contribution is -2.30. The summed E-state index contributed by atoms with van der Waals surface area (Å²) in [4.78, 5) is 12.4. The van der Waals surface area contributed by atoms with Gasteiger partial charge in [-0.2, -0.15) is 0 Å². The van der Waals surface area contributed by atoms with Gasteiger partial charge in [-0.1, -0.05) is 58.0 Å². The Kier molecular flexibility index (Phi) is 6.02. The number of para-hydroxylation sites is 1. The number of carbonyl (C=O) groups is 1. The fraction of sp³-hybridized carbons (Fsp3) is 0.381. The van der Waals surface area contributed by atoms with E-state index in [9.17, 15) is 4.79 Å². The predicted octanol–water partition coefficient (Wildman–Crippen LogP) is 5.34. The van der Waals surface area contributed by atoms with Crippen LogP contribution in [0.2, 0.25) is 0 Å². The third kappa shape index (κ3) is 4.60. The molecule has 3 nitrogen and oxygen atoms in total. The molecule has 0 bridgehead atoms. The fourth-order valence-corrected chi connectivity index (χ4v) is 2.54. The standard InChI is InChI=1S/C21H27NO2/c1-14(2)17-10-12-18(13-11-17)24-16(5)21(23)22-20-9-7-6-8-19(20)15(3)4/h6-16H,1-5H3,(H,22,23). The number of ether oxygens (including phenoxy) is 1. The quantitative estimate of drug-likeness (QED) is 0.778. The zero-order chi connectivity index (χ0) is 17.7. The lowest BCUT2D eigenvalue weighted by atomic mass is 10.0. The third-order valence-corrected chi connectivity index (χ3v) is 4.07. The molecule has 2 rings (SSSR count). The first-order valence-electron chi connectivity index (χ1n) is 8.55. The molecule has 0 aliphatic heterocycles. The van der Waals surface area contributed by atoms with Crippen molar-refractivity contribution in [3.05, 3.63) is 59.7 Å². The van der Waals surface area contributed by atoms with Crippen LogP contribution in [0.1, 0.15) is 57.6 Å². The van der Waals surface area contributed by atoms with Gasteiger partial charge in [-0.3, -0.25) is 4.79 Å². The van der Waals surface area contributed by atoms with Crippen molar-refractivity contribution in [2.24, 2.45) is 0 Å². The second-order valence-electron chi connectivity index (χ2n) is 6.72. The lowest BCUT2D eigenvalue weighted by molar-refractivity contribution is -0.122. The van der Waals surface area contributed by atoms with Crippen LogP contribution in [0.4, 0.5) is 5.69 Å². The number of hydrogen-bond acceptors (Lipinski definition) is 2. The predicted molar refractivity (Wildman–Crippen MR) is 99.8 cm³/mol. The van der Waals surface area contributed by atoms with Gasteiger partial charge in [0, 0.05) is 5.69 Å². The van der Waals surface area contributed by atoms with Crippen molar-refractivity contribution in [3.8, 4) is 5.75 Å². The van der Waals surface area contributed by atoms with E-state index in [-0.39, 0.29) is 5.91 Å². The van der Waals surface area contributed by atoms with Gasteiger partial charge in [-0.25, -0.2) is 0 Å². The summed E-state index contributed by atoms with van der Waals surface area (Å²) in [6.45, 7) is 10.3. The summed E-state index contributed by atoms with van der Waals surface area (Å²) >= 11 is 0. The first kappa shape index (κ1) is 18.1. The monoisotopic (exact) mass is 325 g/mol. The van der Waals surface area contributed by atoms with Gasteiger partial charge in [0.1, 0.15) is 5.75 Å². The van der Waals surface area contributed by atoms with Gasteiger partial charge in [0.05, 0.1) is 0 Å². The smallest absolute Gasteiger partial charge is 0.265 e. The Hall–Kier alpha value is -2.29. The number of amides is 1. The molecule has 0 aliphatic carbocycles. The van der Waals surface area contributed by atoms with Crippen molar-refractivity contribution in [2.45, 2.75) is 52.6 Å². The molecule has 0 saturated heterocycles. The lowest BCUT2D eigenvalue weighted by Gasteiger charge is -2.18. The van der Waals surface area contributed by atoms with Crippen molar-refractivity contribution in [3.63, 3.8) is 0 Å². The first-order valence-corrected chi connectivity index (χ1v) is 8.55. The number of nitrogens with one attached hydrogen (secondary N) is 1. The summed E-state index contributed by atoms with van der Waals surface area (Å²) < 4.78 is 5.77. The van der Waals surface area contributed by atoms with Crippen LogP contribution >= 0.6 is 0 Å². The van der Waals surface area contributed by atoms with Gasteiger partial charge < -0.3 is 10.1 Å². The average molecular weight is 325 g/mol. The minimum Gasteiger partial charge on any atom is -0.481 e. The van der Waals surface area contributed by atoms with Gasteiger partial charge >= 0.3 is 0 Å². The molecule has 0 spiro atoms. The van der Waals surface area contributed by atoms with Gasteiger partial charge in [0.2, 0.25) is 0 Å². The number of hydrogen-bond donors (Lipinski definition) is 1. The van der Waals surface area contributed by atoms with Crippen LogP contribution in [0.15, 0.2) is 48.5 Å². The van der Waals surface area contributed by atoms with Crippen molar-refractivity contribution in [2.75, 3.05) is 5.32 Å². The molecule has 0 aliphatic rings. The Morgan fingerprint density at radius 3 is 2.08 bits per heavy atom. The van der Waals surface area contributed by atoms with Crippen LogP contribution in [-0.4, -0.2) is 12.0 Å². The van der Waals surface area contributed by atoms with E-state index in [1.807, 2.05) is 48.5 Å². The molecule has 2 aromatic carbocycles. The summed E-state index contributed by atoms with van der Waals surface area (Å²) in [7, 11) is 0. The van der Waals surface area contributed by atoms with E-state index < -0.39 is 6.10 Å². The highest BCUT2D eigenvalue weighted by molar-refractivity contribution is 5.94. The molecular formula is C21H27NO2. The van der Waals surface area contributed by atoms with E-state index in [0.717, 1.165) is 11.3 Å². The summed E-state index contributed by atoms with van der Waals surface area (Å²) in [5.41, 5.74) is 3.23. The number of anilines is 1. The molecule has 0 aromatic heterocycles. The highest BCUT2D eigenvalue weighted by Gasteiger charge is 2.17. The maximum absolute atomic E-state index is 12.4. The first-order chi connectivity index (χ1) is 11.4. The van der Waals surface area contributed by atoms with E-state index >= 15 is 0 Å². The van der Waals surface area contributed by atoms with Crippen molar-refractivity contribution in [1.29, 1.82) is 0 Å². The van der Waals surface area contributed by atoms with E-state index in [1.165, 1.54) is 5.56 Å². The molecule has 0 saturated carbocycles. The molecule has 0 heterocycles. The molecule has 1 N–H and O–H groups in total. The van der Waals surface area contributed by atoms with E-state index in [0.29, 0.717) is 17.6 Å². The van der Waals surface area contributed by atoms with Gasteiger partial charge in [-0.05, 0) is 48.1 Å². The summed E-state index contributed by atoms with van der Waals surface area (Å²) in [6.07, 6.45) is -0.560. The third-order valence-electron chi connectivity index (χ3n) is 4.07. The van der Waals surface area contributed by atoms with Crippen molar-refractivity contribution < 1.29 is 9.53 Å². The van der Waals surface area contributed by atoms with Crippen LogP contribution < -0.4 is 10.1 Å². The van der Waals surface area contributed by atoms with Gasteiger partial charge in [0.25, 0.3) is 5.91 Å². The van der Waals surface area contributed by atoms with Crippen molar-refractivity contribution in [1.82, 2.24) is 0 Å². The zero-order valence-corrected chi connectivity index (χ0v) is 15.2. The number of rotatable bonds is 6. The zero-order valence-electron chi connectivity index (χ0n) is 15.2. The highest BCUT2D eigenvalue weighted by atomic mass is 16.5. The molecule has 3 heteroatoms. The van der Waals surface area contributed by atoms with Crippen LogP contribution in [-0.2, 0) is 4.79 Å². The molecule has 0 fully saturated rings. The Labute approximate surface area is 145 Å². The molecule has 1 atom stereocenters. The van der Waals surface area contributed by atoms with Gasteiger partial charge in [-0.15, -0.1) is 0 Å². The van der Waals surface area contributed by atoms with Crippen LogP contribution in [0.25, 0.3) is 0 Å². The summed E-state index contributed by atoms with van der Waals surface area (Å²) in [6, 6.07) is 15.8. The Balaban J connectivity index is 2.02. The molecular weight excluding hydrogens is 298 g/mol. The Morgan fingerprint density at radius 2 is 1.50 bits per heavy atom. The largest absolute Gasteiger partial charge is 0.481 e.